The van der Waals surface area contributed by atoms with E-state index in [1.807, 2.05) is 0 Å². The number of amides is 1. The molecule has 2 aromatic rings. The van der Waals surface area contributed by atoms with Crippen LogP contribution in [0.5, 0.6) is 0 Å². The molecule has 0 atom stereocenters. The second-order valence-electron chi connectivity index (χ2n) is 6.68. The van der Waals surface area contributed by atoms with Gasteiger partial charge in [0.15, 0.2) is 5.69 Å². The van der Waals surface area contributed by atoms with E-state index in [1.165, 1.54) is 14.0 Å². The highest BCUT2D eigenvalue weighted by Crippen LogP contribution is 2.42. The number of nitrogens with zero attached hydrogens (tertiary/aromatic N) is 2. The summed E-state index contributed by atoms with van der Waals surface area (Å²) in [6.07, 6.45) is -3.17. The van der Waals surface area contributed by atoms with E-state index in [2.05, 4.69) is 15.2 Å². The molecule has 3 rings (SSSR count). The van der Waals surface area contributed by atoms with Crippen LogP contribution >= 0.6 is 11.3 Å². The minimum Gasteiger partial charge on any atom is -0.465 e. The molecule has 2 heterocycles. The molecule has 0 aliphatic heterocycles. The molecule has 1 N–H and O–H groups in total. The van der Waals surface area contributed by atoms with Crippen LogP contribution in [-0.4, -0.2) is 41.8 Å². The number of thiophene rings is 1. The Hall–Kier alpha value is -2.89. The van der Waals surface area contributed by atoms with E-state index < -0.39 is 36.3 Å². The van der Waals surface area contributed by atoms with Crippen molar-refractivity contribution in [2.45, 2.75) is 38.4 Å². The highest BCUT2D eigenvalue weighted by molar-refractivity contribution is 7.18. The van der Waals surface area contributed by atoms with E-state index in [0.717, 1.165) is 42.0 Å². The number of hydrogen-bond acceptors (Lipinski definition) is 7. The second kappa shape index (κ2) is 8.09. The Morgan fingerprint density at radius 1 is 1.23 bits per heavy atom. The lowest BCUT2D eigenvalue weighted by Gasteiger charge is -2.08. The first kappa shape index (κ1) is 21.8. The lowest BCUT2D eigenvalue weighted by atomic mass is 10.1. The molecule has 2 aromatic heterocycles. The molecule has 1 amide bonds. The van der Waals surface area contributed by atoms with Gasteiger partial charge >= 0.3 is 18.1 Å². The third kappa shape index (κ3) is 4.32. The maximum absolute atomic E-state index is 13.0. The van der Waals surface area contributed by atoms with E-state index in [0.29, 0.717) is 5.69 Å². The number of halogens is 3. The number of hydrogen-bond donors (Lipinski definition) is 1. The fraction of sp³-hybridized carbons (Fsp3) is 0.444. The van der Waals surface area contributed by atoms with Crippen molar-refractivity contribution in [3.8, 4) is 0 Å². The maximum Gasteiger partial charge on any atom is 0.435 e. The zero-order valence-corrected chi connectivity index (χ0v) is 17.1. The van der Waals surface area contributed by atoms with Crippen molar-refractivity contribution in [3.63, 3.8) is 0 Å². The molecule has 8 nitrogen and oxygen atoms in total. The van der Waals surface area contributed by atoms with Gasteiger partial charge in [-0.1, -0.05) is 0 Å². The van der Waals surface area contributed by atoms with Gasteiger partial charge < -0.3 is 14.8 Å². The van der Waals surface area contributed by atoms with Crippen LogP contribution in [0.4, 0.5) is 18.2 Å². The molecule has 0 bridgehead atoms. The number of ether oxygens (including phenoxy) is 2. The molecule has 1 fully saturated rings. The van der Waals surface area contributed by atoms with Crippen molar-refractivity contribution in [3.05, 3.63) is 33.5 Å². The minimum absolute atomic E-state index is 0.0184. The van der Waals surface area contributed by atoms with Crippen molar-refractivity contribution >= 4 is 34.2 Å². The quantitative estimate of drug-likeness (QED) is 0.685. The standard InChI is InChI=1S/C18H18F3N3O5S/c1-8-13(16(26)28-2)15(30-14(8)17(27)29-3)22-12(25)7-24-10(9-4-5-9)6-11(23-24)18(19,20)21/h6,9H,4-5,7H2,1-3H3,(H,22,25). The highest BCUT2D eigenvalue weighted by Gasteiger charge is 2.38. The summed E-state index contributed by atoms with van der Waals surface area (Å²) < 4.78 is 49.4. The molecular formula is C18H18F3N3O5S. The maximum atomic E-state index is 13.0. The van der Waals surface area contributed by atoms with Crippen LogP contribution in [0.2, 0.25) is 0 Å². The summed E-state index contributed by atoms with van der Waals surface area (Å²) in [5.74, 6) is -2.23. The van der Waals surface area contributed by atoms with Crippen LogP contribution in [0.3, 0.4) is 0 Å². The molecule has 162 valence electrons. The van der Waals surface area contributed by atoms with Crippen molar-refractivity contribution in [1.29, 1.82) is 0 Å². The predicted octanol–water partition coefficient (Wildman–Crippen LogP) is 3.36. The SMILES string of the molecule is COC(=O)c1sc(NC(=O)Cn2nc(C(F)(F)F)cc2C2CC2)c(C(=O)OC)c1C. The molecule has 0 spiro atoms. The van der Waals surface area contributed by atoms with Crippen LogP contribution in [-0.2, 0) is 27.0 Å². The van der Waals surface area contributed by atoms with Gasteiger partial charge in [-0.3, -0.25) is 9.48 Å². The summed E-state index contributed by atoms with van der Waals surface area (Å²) in [5.41, 5.74) is -0.475. The normalized spacial score (nSPS) is 13.8. The average molecular weight is 445 g/mol. The Labute approximate surface area is 173 Å². The van der Waals surface area contributed by atoms with Crippen molar-refractivity contribution in [2.24, 2.45) is 0 Å². The van der Waals surface area contributed by atoms with Crippen LogP contribution in [0, 0.1) is 6.92 Å². The van der Waals surface area contributed by atoms with E-state index in [9.17, 15) is 27.6 Å². The third-order valence-electron chi connectivity index (χ3n) is 4.55. The molecule has 12 heteroatoms. The fourth-order valence-corrected chi connectivity index (χ4v) is 4.07. The van der Waals surface area contributed by atoms with Gasteiger partial charge in [0.25, 0.3) is 0 Å². The number of carbonyl (C=O) groups excluding carboxylic acids is 3. The zero-order valence-electron chi connectivity index (χ0n) is 16.3. The van der Waals surface area contributed by atoms with Gasteiger partial charge in [-0.15, -0.1) is 11.3 Å². The number of carbonyl (C=O) groups is 3. The molecule has 1 aliphatic rings. The van der Waals surface area contributed by atoms with E-state index >= 15 is 0 Å². The average Bonchev–Trinajstić information content (AvgIpc) is 3.35. The van der Waals surface area contributed by atoms with E-state index in [4.69, 9.17) is 4.74 Å². The summed E-state index contributed by atoms with van der Waals surface area (Å²) in [6.45, 7) is 1.02. The number of nitrogens with one attached hydrogen (secondary N) is 1. The number of rotatable bonds is 6. The first-order chi connectivity index (χ1) is 14.1. The van der Waals surface area contributed by atoms with Gasteiger partial charge in [-0.2, -0.15) is 18.3 Å². The van der Waals surface area contributed by atoms with Crippen molar-refractivity contribution in [1.82, 2.24) is 9.78 Å². The van der Waals surface area contributed by atoms with Gasteiger partial charge in [-0.25, -0.2) is 9.59 Å². The minimum atomic E-state index is -4.62. The zero-order chi connectivity index (χ0) is 22.2. The summed E-state index contributed by atoms with van der Waals surface area (Å²) in [5, 5.41) is 6.05. The number of esters is 2. The molecule has 0 saturated heterocycles. The number of anilines is 1. The molecule has 30 heavy (non-hydrogen) atoms. The summed E-state index contributed by atoms with van der Waals surface area (Å²) >= 11 is 0.817. The number of alkyl halides is 3. The largest absolute Gasteiger partial charge is 0.465 e. The summed E-state index contributed by atoms with van der Waals surface area (Å²) in [4.78, 5) is 36.7. The van der Waals surface area contributed by atoms with Crippen LogP contribution in [0.1, 0.15) is 55.7 Å². The first-order valence-electron chi connectivity index (χ1n) is 8.81. The molecule has 0 unspecified atom stereocenters. The third-order valence-corrected chi connectivity index (χ3v) is 5.74. The Balaban J connectivity index is 1.87. The van der Waals surface area contributed by atoms with Gasteiger partial charge in [0, 0.05) is 11.6 Å². The Kier molecular flexibility index (Phi) is 5.88. The molecule has 0 aromatic carbocycles. The van der Waals surface area contributed by atoms with Crippen LogP contribution in [0.25, 0.3) is 0 Å². The lowest BCUT2D eigenvalue weighted by molar-refractivity contribution is -0.141. The van der Waals surface area contributed by atoms with Crippen molar-refractivity contribution < 1.29 is 37.0 Å². The summed E-state index contributed by atoms with van der Waals surface area (Å²) in [6, 6.07) is 0.954. The Bertz CT molecular complexity index is 1010. The van der Waals surface area contributed by atoms with Crippen molar-refractivity contribution in [2.75, 3.05) is 19.5 Å². The van der Waals surface area contributed by atoms with Gasteiger partial charge in [0.05, 0.1) is 19.8 Å². The lowest BCUT2D eigenvalue weighted by Crippen LogP contribution is -2.22. The predicted molar refractivity (Wildman–Crippen MR) is 99.6 cm³/mol. The molecule has 1 aliphatic carbocycles. The Morgan fingerprint density at radius 2 is 1.87 bits per heavy atom. The van der Waals surface area contributed by atoms with Gasteiger partial charge in [0.1, 0.15) is 16.4 Å². The van der Waals surface area contributed by atoms with Gasteiger partial charge in [-0.05, 0) is 31.4 Å². The monoisotopic (exact) mass is 445 g/mol. The highest BCUT2D eigenvalue weighted by atomic mass is 32.1. The summed E-state index contributed by atoms with van der Waals surface area (Å²) in [7, 11) is 2.32. The number of methoxy groups -OCH3 is 2. The second-order valence-corrected chi connectivity index (χ2v) is 7.70. The fourth-order valence-electron chi connectivity index (χ4n) is 2.94. The van der Waals surface area contributed by atoms with E-state index in [1.54, 1.807) is 0 Å². The topological polar surface area (TPSA) is 99.5 Å². The van der Waals surface area contributed by atoms with Gasteiger partial charge in [0.2, 0.25) is 5.91 Å². The molecule has 0 radical (unpaired) electrons. The molecule has 1 saturated carbocycles. The van der Waals surface area contributed by atoms with E-state index in [-0.39, 0.29) is 26.9 Å². The number of aromatic nitrogens is 2. The Morgan fingerprint density at radius 3 is 2.40 bits per heavy atom. The van der Waals surface area contributed by atoms with Crippen LogP contribution in [0.15, 0.2) is 6.07 Å². The smallest absolute Gasteiger partial charge is 0.435 e. The first-order valence-corrected chi connectivity index (χ1v) is 9.63. The van der Waals surface area contributed by atoms with Crippen LogP contribution < -0.4 is 5.32 Å². The molecular weight excluding hydrogens is 427 g/mol.